The van der Waals surface area contributed by atoms with Gasteiger partial charge in [0.25, 0.3) is 0 Å². The van der Waals surface area contributed by atoms with Crippen molar-refractivity contribution in [1.82, 2.24) is 25.1 Å². The Labute approximate surface area is 268 Å². The van der Waals surface area contributed by atoms with E-state index in [0.717, 1.165) is 33.2 Å². The minimum atomic E-state index is -0.803. The molecule has 9 nitrogen and oxygen atoms in total. The van der Waals surface area contributed by atoms with Gasteiger partial charge in [0.15, 0.2) is 0 Å². The average Bonchev–Trinajstić information content (AvgIpc) is 3.40. The number of methoxy groups -OCH3 is 1. The minimum absolute atomic E-state index is 0.0318. The molecule has 0 bridgehead atoms. The second-order valence-corrected chi connectivity index (χ2v) is 11.7. The van der Waals surface area contributed by atoms with E-state index in [4.69, 9.17) is 4.74 Å². The van der Waals surface area contributed by atoms with Gasteiger partial charge >= 0.3 is 6.03 Å². The van der Waals surface area contributed by atoms with Gasteiger partial charge in [0, 0.05) is 26.1 Å². The summed E-state index contributed by atoms with van der Waals surface area (Å²) in [5, 5.41) is 8.54. The van der Waals surface area contributed by atoms with Gasteiger partial charge in [-0.3, -0.25) is 14.6 Å². The lowest BCUT2D eigenvalue weighted by atomic mass is 9.99. The molecule has 0 aliphatic carbocycles. The van der Waals surface area contributed by atoms with Crippen LogP contribution in [0.15, 0.2) is 91.0 Å². The predicted octanol–water partition coefficient (Wildman–Crippen LogP) is 4.95. The number of carbonyl (C=O) groups is 3. The lowest BCUT2D eigenvalue weighted by Crippen LogP contribution is -2.66. The quantitative estimate of drug-likeness (QED) is 0.270. The van der Waals surface area contributed by atoms with E-state index < -0.39 is 12.2 Å². The summed E-state index contributed by atoms with van der Waals surface area (Å²) in [4.78, 5) is 45.0. The highest BCUT2D eigenvalue weighted by atomic mass is 19.1. The number of benzene rings is 4. The highest BCUT2D eigenvalue weighted by Gasteiger charge is 2.52. The first kappa shape index (κ1) is 31.0. The number of carbonyl (C=O) groups excluding carboxylic acids is 3. The molecule has 238 valence electrons. The number of rotatable bonds is 10. The summed E-state index contributed by atoms with van der Waals surface area (Å²) >= 11 is 0. The maximum absolute atomic E-state index is 14.2. The summed E-state index contributed by atoms with van der Waals surface area (Å²) in [5.41, 5.74) is 2.66. The number of hydrogen-bond acceptors (Lipinski definition) is 5. The van der Waals surface area contributed by atoms with Gasteiger partial charge in [-0.2, -0.15) is 5.01 Å². The first-order valence-electron chi connectivity index (χ1n) is 15.6. The molecule has 10 heteroatoms. The van der Waals surface area contributed by atoms with Crippen molar-refractivity contribution in [3.63, 3.8) is 0 Å². The fourth-order valence-corrected chi connectivity index (χ4v) is 6.44. The van der Waals surface area contributed by atoms with Crippen LogP contribution in [0.5, 0.6) is 5.75 Å². The third-order valence-electron chi connectivity index (χ3n) is 8.73. The maximum Gasteiger partial charge on any atom is 0.332 e. The second kappa shape index (κ2) is 13.6. The van der Waals surface area contributed by atoms with Crippen molar-refractivity contribution in [3.05, 3.63) is 114 Å². The van der Waals surface area contributed by atoms with E-state index in [2.05, 4.69) is 5.32 Å². The van der Waals surface area contributed by atoms with Gasteiger partial charge in [0.1, 0.15) is 23.8 Å². The number of hydrazine groups is 1. The molecule has 1 N–H and O–H groups in total. The van der Waals surface area contributed by atoms with E-state index >= 15 is 0 Å². The zero-order chi connectivity index (χ0) is 32.2. The molecule has 2 aliphatic rings. The molecular weight excluding hydrogens is 585 g/mol. The van der Waals surface area contributed by atoms with Crippen LogP contribution in [0.1, 0.15) is 30.0 Å². The van der Waals surface area contributed by atoms with E-state index in [0.29, 0.717) is 26.1 Å². The van der Waals surface area contributed by atoms with Crippen LogP contribution in [0, 0.1) is 5.82 Å². The number of nitrogens with one attached hydrogen (secondary N) is 1. The SMILES string of the molecule is CCCN(C(=O)NCc1ccc(OC)cc1)N1CC(=O)N2[C@@H](Cc3ccc(F)cc3)C(=O)N(Cc3cccc4ccccc34)C[C@@H]21. The van der Waals surface area contributed by atoms with Gasteiger partial charge in [-0.1, -0.05) is 73.7 Å². The molecule has 4 aromatic rings. The van der Waals surface area contributed by atoms with E-state index in [1.165, 1.54) is 12.1 Å². The van der Waals surface area contributed by atoms with E-state index in [-0.39, 0.29) is 43.2 Å². The van der Waals surface area contributed by atoms with Crippen LogP contribution in [-0.4, -0.2) is 76.6 Å². The molecule has 0 spiro atoms. The molecule has 46 heavy (non-hydrogen) atoms. The van der Waals surface area contributed by atoms with E-state index in [1.54, 1.807) is 39.1 Å². The summed E-state index contributed by atoms with van der Waals surface area (Å²) < 4.78 is 19.0. The number of amides is 4. The van der Waals surface area contributed by atoms with Crippen molar-refractivity contribution in [3.8, 4) is 5.75 Å². The Hall–Kier alpha value is -4.96. The smallest absolute Gasteiger partial charge is 0.332 e. The van der Waals surface area contributed by atoms with Crippen LogP contribution in [0.25, 0.3) is 10.8 Å². The zero-order valence-electron chi connectivity index (χ0n) is 26.1. The standard InChI is InChI=1S/C36H38FN5O4/c1-3-19-40(36(45)38-21-26-13-17-30(46-2)18-14-26)41-24-34(43)42-32(20-25-11-15-29(37)16-12-25)35(44)39(23-33(41)42)22-28-9-6-8-27-7-4-5-10-31(27)28/h4-18,32-33H,3,19-24H2,1-2H3,(H,38,45)/t32-,33+/m0/s1. The van der Waals surface area contributed by atoms with Gasteiger partial charge in [-0.15, -0.1) is 0 Å². The van der Waals surface area contributed by atoms with Crippen LogP contribution in [-0.2, 0) is 29.1 Å². The van der Waals surface area contributed by atoms with Gasteiger partial charge in [-0.05, 0) is 58.1 Å². The first-order valence-corrected chi connectivity index (χ1v) is 15.6. The van der Waals surface area contributed by atoms with Crippen molar-refractivity contribution in [2.75, 3.05) is 26.7 Å². The third-order valence-corrected chi connectivity index (χ3v) is 8.73. The van der Waals surface area contributed by atoms with Crippen LogP contribution in [0.4, 0.5) is 9.18 Å². The summed E-state index contributed by atoms with van der Waals surface area (Å²) in [7, 11) is 1.60. The largest absolute Gasteiger partial charge is 0.497 e. The summed E-state index contributed by atoms with van der Waals surface area (Å²) in [6, 6.07) is 26.5. The van der Waals surface area contributed by atoms with E-state index in [1.807, 2.05) is 73.7 Å². The number of fused-ring (bicyclic) bond motifs is 2. The molecule has 0 saturated carbocycles. The minimum Gasteiger partial charge on any atom is -0.497 e. The third kappa shape index (κ3) is 6.39. The van der Waals surface area contributed by atoms with Crippen molar-refractivity contribution in [2.24, 2.45) is 0 Å². The molecule has 4 aromatic carbocycles. The molecule has 2 heterocycles. The normalized spacial score (nSPS) is 18.2. The topological polar surface area (TPSA) is 85.4 Å². The zero-order valence-corrected chi connectivity index (χ0v) is 26.1. The average molecular weight is 624 g/mol. The Morgan fingerprint density at radius 3 is 2.41 bits per heavy atom. The molecule has 2 fully saturated rings. The Morgan fingerprint density at radius 2 is 1.67 bits per heavy atom. The van der Waals surface area contributed by atoms with Gasteiger partial charge in [0.05, 0.1) is 20.2 Å². The lowest BCUT2D eigenvalue weighted by molar-refractivity contribution is -0.157. The number of urea groups is 1. The molecule has 0 aromatic heterocycles. The van der Waals surface area contributed by atoms with E-state index in [9.17, 15) is 18.8 Å². The fourth-order valence-electron chi connectivity index (χ4n) is 6.44. The lowest BCUT2D eigenvalue weighted by Gasteiger charge is -2.46. The maximum atomic E-state index is 14.2. The first-order chi connectivity index (χ1) is 22.4. The molecule has 0 unspecified atom stereocenters. The molecule has 6 rings (SSSR count). The highest BCUT2D eigenvalue weighted by Crippen LogP contribution is 2.31. The highest BCUT2D eigenvalue weighted by molar-refractivity contribution is 5.92. The monoisotopic (exact) mass is 623 g/mol. The van der Waals surface area contributed by atoms with Crippen LogP contribution < -0.4 is 10.1 Å². The molecule has 0 radical (unpaired) electrons. The van der Waals surface area contributed by atoms with Gasteiger partial charge in [-0.25, -0.2) is 9.18 Å². The van der Waals surface area contributed by atoms with Crippen LogP contribution in [0.3, 0.4) is 0 Å². The number of ether oxygens (including phenoxy) is 1. The molecule has 2 atom stereocenters. The molecule has 4 amide bonds. The van der Waals surface area contributed by atoms with Crippen molar-refractivity contribution in [1.29, 1.82) is 0 Å². The Kier molecular flexibility index (Phi) is 9.16. The number of hydrogen-bond donors (Lipinski definition) is 1. The predicted molar refractivity (Wildman–Crippen MR) is 173 cm³/mol. The van der Waals surface area contributed by atoms with Gasteiger partial charge in [0.2, 0.25) is 11.8 Å². The summed E-state index contributed by atoms with van der Waals surface area (Å²) in [6.45, 7) is 3.23. The Balaban J connectivity index is 1.29. The number of nitrogens with zero attached hydrogens (tertiary/aromatic N) is 4. The Bertz CT molecular complexity index is 1710. The molecular formula is C36H38FN5O4. The number of halogens is 1. The van der Waals surface area contributed by atoms with Gasteiger partial charge < -0.3 is 19.9 Å². The summed E-state index contributed by atoms with van der Waals surface area (Å²) in [6.07, 6.45) is 0.355. The number of piperazine rings is 1. The molecule has 2 aliphatic heterocycles. The fraction of sp³-hybridized carbons (Fsp3) is 0.306. The second-order valence-electron chi connectivity index (χ2n) is 11.7. The van der Waals surface area contributed by atoms with Crippen molar-refractivity contribution < 1.29 is 23.5 Å². The van der Waals surface area contributed by atoms with Crippen LogP contribution >= 0.6 is 0 Å². The molecule has 2 saturated heterocycles. The van der Waals surface area contributed by atoms with Crippen molar-refractivity contribution >= 4 is 28.6 Å². The summed E-state index contributed by atoms with van der Waals surface area (Å²) in [5.74, 6) is -0.0315. The Morgan fingerprint density at radius 1 is 0.957 bits per heavy atom. The van der Waals surface area contributed by atoms with Crippen molar-refractivity contribution in [2.45, 2.75) is 45.1 Å². The van der Waals surface area contributed by atoms with Crippen LogP contribution in [0.2, 0.25) is 0 Å².